The second-order valence-electron chi connectivity index (χ2n) is 7.81. The fraction of sp³-hybridized carbons (Fsp3) is 0.115. The van der Waals surface area contributed by atoms with Crippen LogP contribution in [0, 0.1) is 0 Å². The zero-order valence-electron chi connectivity index (χ0n) is 17.2. The fourth-order valence-corrected chi connectivity index (χ4v) is 4.60. The molecule has 2 N–H and O–H groups in total. The molecular formula is C26H20BrN3O2. The normalized spacial score (nSPS) is 13.1. The summed E-state index contributed by atoms with van der Waals surface area (Å²) in [5, 5.41) is 0.802. The Balaban J connectivity index is 1.66. The van der Waals surface area contributed by atoms with E-state index in [2.05, 4.69) is 15.9 Å². The lowest BCUT2D eigenvalue weighted by Gasteiger charge is -2.31. The van der Waals surface area contributed by atoms with Gasteiger partial charge < -0.3 is 10.6 Å². The Morgan fingerprint density at radius 1 is 0.938 bits per heavy atom. The molecule has 1 aliphatic rings. The second-order valence-corrected chi connectivity index (χ2v) is 8.72. The number of para-hydroxylation sites is 1. The van der Waals surface area contributed by atoms with E-state index in [9.17, 15) is 9.59 Å². The molecule has 158 valence electrons. The minimum atomic E-state index is -0.469. The van der Waals surface area contributed by atoms with E-state index in [0.29, 0.717) is 17.7 Å². The highest BCUT2D eigenvalue weighted by atomic mass is 79.9. The number of pyridine rings is 1. The van der Waals surface area contributed by atoms with Crippen LogP contribution in [-0.4, -0.2) is 23.3 Å². The Labute approximate surface area is 194 Å². The number of halogens is 1. The van der Waals surface area contributed by atoms with Gasteiger partial charge in [-0.2, -0.15) is 0 Å². The Morgan fingerprint density at radius 2 is 1.72 bits per heavy atom. The molecule has 0 spiro atoms. The average molecular weight is 486 g/mol. The van der Waals surface area contributed by atoms with Crippen molar-refractivity contribution in [2.75, 3.05) is 11.4 Å². The summed E-state index contributed by atoms with van der Waals surface area (Å²) in [4.78, 5) is 32.4. The smallest absolute Gasteiger partial charge is 0.259 e. The van der Waals surface area contributed by atoms with Crippen LogP contribution in [0.2, 0.25) is 0 Å². The number of amides is 2. The lowest BCUT2D eigenvalue weighted by Crippen LogP contribution is -2.36. The van der Waals surface area contributed by atoms with Crippen molar-refractivity contribution in [3.8, 4) is 11.3 Å². The van der Waals surface area contributed by atoms with Crippen molar-refractivity contribution in [1.82, 2.24) is 4.98 Å². The van der Waals surface area contributed by atoms with E-state index >= 15 is 0 Å². The van der Waals surface area contributed by atoms with Gasteiger partial charge in [-0.25, -0.2) is 4.98 Å². The van der Waals surface area contributed by atoms with Gasteiger partial charge in [0, 0.05) is 33.2 Å². The summed E-state index contributed by atoms with van der Waals surface area (Å²) in [5.74, 6) is -0.576. The van der Waals surface area contributed by atoms with Crippen molar-refractivity contribution < 1.29 is 9.59 Å². The van der Waals surface area contributed by atoms with Gasteiger partial charge in [-0.15, -0.1) is 0 Å². The van der Waals surface area contributed by atoms with Crippen molar-refractivity contribution in [2.24, 2.45) is 5.73 Å². The van der Waals surface area contributed by atoms with Crippen LogP contribution in [-0.2, 0) is 6.42 Å². The first-order valence-electron chi connectivity index (χ1n) is 10.4. The molecule has 6 heteroatoms. The molecule has 0 unspecified atom stereocenters. The molecule has 2 heterocycles. The molecule has 0 saturated carbocycles. The third-order valence-electron chi connectivity index (χ3n) is 5.85. The molecule has 3 aromatic carbocycles. The van der Waals surface area contributed by atoms with Crippen LogP contribution < -0.4 is 10.6 Å². The minimum absolute atomic E-state index is 0.107. The Morgan fingerprint density at radius 3 is 2.50 bits per heavy atom. The van der Waals surface area contributed by atoms with Crippen molar-refractivity contribution >= 4 is 44.3 Å². The van der Waals surface area contributed by atoms with E-state index < -0.39 is 5.91 Å². The summed E-state index contributed by atoms with van der Waals surface area (Å²) < 4.78 is 0.980. The standard InChI is InChI=1S/C26H20BrN3O2/c27-17-12-10-16(11-13-17)23-15-21(18-5-1-2-8-22(18)29-23)26(32)30-14-4-7-19-20(25(28)31)6-3-9-24(19)30/h1-3,5-6,8-13,15H,4,7,14H2,(H2,28,31). The van der Waals surface area contributed by atoms with Gasteiger partial charge in [-0.1, -0.05) is 52.3 Å². The highest BCUT2D eigenvalue weighted by molar-refractivity contribution is 9.10. The van der Waals surface area contributed by atoms with Crippen LogP contribution in [0.15, 0.2) is 77.3 Å². The molecule has 5 nitrogen and oxygen atoms in total. The van der Waals surface area contributed by atoms with Crippen LogP contribution in [0.4, 0.5) is 5.69 Å². The zero-order chi connectivity index (χ0) is 22.2. The van der Waals surface area contributed by atoms with Crippen molar-refractivity contribution in [3.63, 3.8) is 0 Å². The Kier molecular flexibility index (Phi) is 5.23. The summed E-state index contributed by atoms with van der Waals surface area (Å²) >= 11 is 3.46. The van der Waals surface area contributed by atoms with Gasteiger partial charge in [-0.3, -0.25) is 9.59 Å². The fourth-order valence-electron chi connectivity index (χ4n) is 4.33. The van der Waals surface area contributed by atoms with Gasteiger partial charge in [0.25, 0.3) is 5.91 Å². The third kappa shape index (κ3) is 3.56. The number of carbonyl (C=O) groups excluding carboxylic acids is 2. The molecule has 0 bridgehead atoms. The van der Waals surface area contributed by atoms with E-state index in [1.165, 1.54) is 0 Å². The van der Waals surface area contributed by atoms with Crippen LogP contribution in [0.25, 0.3) is 22.2 Å². The van der Waals surface area contributed by atoms with Gasteiger partial charge in [0.05, 0.1) is 16.8 Å². The highest BCUT2D eigenvalue weighted by Crippen LogP contribution is 2.33. The number of aromatic nitrogens is 1. The molecule has 0 fully saturated rings. The SMILES string of the molecule is NC(=O)c1cccc2c1CCCN2C(=O)c1cc(-c2ccc(Br)cc2)nc2ccccc12. The number of nitrogens with zero attached hydrogens (tertiary/aromatic N) is 2. The third-order valence-corrected chi connectivity index (χ3v) is 6.38. The predicted molar refractivity (Wildman–Crippen MR) is 130 cm³/mol. The number of nitrogens with two attached hydrogens (primary N) is 1. The van der Waals surface area contributed by atoms with Crippen LogP contribution in [0.1, 0.15) is 32.7 Å². The first kappa shape index (κ1) is 20.4. The molecule has 0 aliphatic carbocycles. The largest absolute Gasteiger partial charge is 0.366 e. The van der Waals surface area contributed by atoms with E-state index in [1.54, 1.807) is 17.0 Å². The first-order chi connectivity index (χ1) is 15.5. The summed E-state index contributed by atoms with van der Waals surface area (Å²) in [6, 6.07) is 22.8. The van der Waals surface area contributed by atoms with Gasteiger partial charge >= 0.3 is 0 Å². The molecule has 0 atom stereocenters. The number of benzene rings is 3. The topological polar surface area (TPSA) is 76.3 Å². The van der Waals surface area contributed by atoms with Crippen molar-refractivity contribution in [1.29, 1.82) is 0 Å². The summed E-state index contributed by atoms with van der Waals surface area (Å²) in [6.07, 6.45) is 1.49. The number of rotatable bonds is 3. The van der Waals surface area contributed by atoms with E-state index in [-0.39, 0.29) is 5.91 Å². The number of anilines is 1. The predicted octanol–water partition coefficient (Wildman–Crippen LogP) is 5.36. The van der Waals surface area contributed by atoms with Crippen molar-refractivity contribution in [2.45, 2.75) is 12.8 Å². The molecule has 0 saturated heterocycles. The molecule has 4 aromatic rings. The maximum atomic E-state index is 13.9. The molecule has 32 heavy (non-hydrogen) atoms. The van der Waals surface area contributed by atoms with E-state index in [4.69, 9.17) is 10.7 Å². The maximum Gasteiger partial charge on any atom is 0.259 e. The quantitative estimate of drug-likeness (QED) is 0.424. The van der Waals surface area contributed by atoms with Gasteiger partial charge in [-0.05, 0) is 54.8 Å². The summed E-state index contributed by atoms with van der Waals surface area (Å²) in [6.45, 7) is 0.582. The summed E-state index contributed by atoms with van der Waals surface area (Å²) in [7, 11) is 0. The molecular weight excluding hydrogens is 466 g/mol. The number of carbonyl (C=O) groups is 2. The lowest BCUT2D eigenvalue weighted by molar-refractivity contribution is 0.0978. The second kappa shape index (κ2) is 8.20. The van der Waals surface area contributed by atoms with Crippen LogP contribution in [0.5, 0.6) is 0 Å². The molecule has 1 aliphatic heterocycles. The van der Waals surface area contributed by atoms with Crippen molar-refractivity contribution in [3.05, 3.63) is 94.0 Å². The zero-order valence-corrected chi connectivity index (χ0v) is 18.8. The van der Waals surface area contributed by atoms with Gasteiger partial charge in [0.2, 0.25) is 5.91 Å². The monoisotopic (exact) mass is 485 g/mol. The lowest BCUT2D eigenvalue weighted by atomic mass is 9.94. The number of fused-ring (bicyclic) bond motifs is 2. The van der Waals surface area contributed by atoms with E-state index in [1.807, 2.05) is 60.7 Å². The maximum absolute atomic E-state index is 13.9. The Hall–Kier alpha value is -3.51. The van der Waals surface area contributed by atoms with Gasteiger partial charge in [0.15, 0.2) is 0 Å². The molecule has 0 radical (unpaired) electrons. The number of primary amides is 1. The number of hydrogen-bond donors (Lipinski definition) is 1. The molecule has 5 rings (SSSR count). The Bertz CT molecular complexity index is 1370. The minimum Gasteiger partial charge on any atom is -0.366 e. The van der Waals surface area contributed by atoms with Crippen LogP contribution >= 0.6 is 15.9 Å². The van der Waals surface area contributed by atoms with Gasteiger partial charge in [0.1, 0.15) is 0 Å². The van der Waals surface area contributed by atoms with Crippen LogP contribution in [0.3, 0.4) is 0 Å². The number of hydrogen-bond acceptors (Lipinski definition) is 3. The van der Waals surface area contributed by atoms with E-state index in [0.717, 1.165) is 50.7 Å². The first-order valence-corrected chi connectivity index (χ1v) is 11.2. The summed E-state index contributed by atoms with van der Waals surface area (Å²) in [5.41, 5.74) is 10.7. The molecule has 1 aromatic heterocycles. The molecule has 2 amide bonds. The highest BCUT2D eigenvalue weighted by Gasteiger charge is 2.27. The average Bonchev–Trinajstić information content (AvgIpc) is 2.82.